The fourth-order valence-electron chi connectivity index (χ4n) is 2.98. The van der Waals surface area contributed by atoms with Crippen molar-refractivity contribution < 1.29 is 9.59 Å². The molecule has 0 aliphatic carbocycles. The molecule has 150 valence electrons. The van der Waals surface area contributed by atoms with E-state index in [0.29, 0.717) is 24.4 Å². The second-order valence-electron chi connectivity index (χ2n) is 7.22. The first kappa shape index (κ1) is 21.7. The van der Waals surface area contributed by atoms with E-state index in [1.165, 1.54) is 63.4 Å². The van der Waals surface area contributed by atoms with E-state index in [0.717, 1.165) is 12.0 Å². The van der Waals surface area contributed by atoms with Crippen LogP contribution in [0.2, 0.25) is 0 Å². The number of Topliss-reactive ketones (excluding diaryl/α,β-unsaturated/α-hetero) is 1. The van der Waals surface area contributed by atoms with Crippen LogP contribution in [0, 0.1) is 0 Å². The van der Waals surface area contributed by atoms with Gasteiger partial charge in [-0.15, -0.1) is 0 Å². The van der Waals surface area contributed by atoms with Gasteiger partial charge >= 0.3 is 0 Å². The average Bonchev–Trinajstić information content (AvgIpc) is 2.71. The minimum Gasteiger partial charge on any atom is -0.351 e. The van der Waals surface area contributed by atoms with Crippen LogP contribution in [-0.4, -0.2) is 28.2 Å². The minimum absolute atomic E-state index is 0.0480. The van der Waals surface area contributed by atoms with Crippen LogP contribution in [0.15, 0.2) is 36.7 Å². The smallest absolute Gasteiger partial charge is 0.254 e. The number of carbonyl (C=O) groups excluding carboxylic acids is 2. The molecule has 0 unspecified atom stereocenters. The van der Waals surface area contributed by atoms with Gasteiger partial charge in [-0.25, -0.2) is 9.97 Å². The molecule has 0 fully saturated rings. The van der Waals surface area contributed by atoms with E-state index in [2.05, 4.69) is 34.3 Å². The molecule has 0 radical (unpaired) electrons. The molecule has 5 nitrogen and oxygen atoms in total. The summed E-state index contributed by atoms with van der Waals surface area (Å²) < 4.78 is 0. The molecule has 0 aliphatic rings. The van der Waals surface area contributed by atoms with Crippen LogP contribution in [0.25, 0.3) is 11.4 Å². The maximum Gasteiger partial charge on any atom is 0.254 e. The Morgan fingerprint density at radius 3 is 2.21 bits per heavy atom. The van der Waals surface area contributed by atoms with Gasteiger partial charge in [0.1, 0.15) is 5.78 Å². The number of ketones is 1. The van der Waals surface area contributed by atoms with E-state index < -0.39 is 0 Å². The van der Waals surface area contributed by atoms with E-state index in [-0.39, 0.29) is 11.7 Å². The van der Waals surface area contributed by atoms with Crippen molar-refractivity contribution in [3.63, 3.8) is 0 Å². The van der Waals surface area contributed by atoms with Crippen molar-refractivity contribution in [1.82, 2.24) is 15.3 Å². The van der Waals surface area contributed by atoms with Gasteiger partial charge in [0.25, 0.3) is 5.91 Å². The summed E-state index contributed by atoms with van der Waals surface area (Å²) in [5.41, 5.74) is 2.67. The molecule has 0 bridgehead atoms. The standard InChI is InChI=1S/C23H31N3O2/c1-3-4-5-6-7-8-9-19-10-12-20(13-11-19)22-25-16-21(17-26-22)23(28)24-15-14-18(2)27/h10-13,16-17H,3-9,14-15H2,1-2H3,(H,24,28). The van der Waals surface area contributed by atoms with Crippen LogP contribution < -0.4 is 5.32 Å². The number of aryl methyl sites for hydroxylation is 1. The number of benzene rings is 1. The number of aromatic nitrogens is 2. The zero-order chi connectivity index (χ0) is 20.2. The van der Waals surface area contributed by atoms with Crippen molar-refractivity contribution in [2.24, 2.45) is 0 Å². The van der Waals surface area contributed by atoms with Crippen molar-refractivity contribution in [2.75, 3.05) is 6.54 Å². The van der Waals surface area contributed by atoms with Crippen molar-refractivity contribution in [3.8, 4) is 11.4 Å². The lowest BCUT2D eigenvalue weighted by molar-refractivity contribution is -0.116. The fraction of sp³-hybridized carbons (Fsp3) is 0.478. The number of hydrogen-bond donors (Lipinski definition) is 1. The maximum atomic E-state index is 12.0. The average molecular weight is 382 g/mol. The predicted octanol–water partition coefficient (Wildman–Crippen LogP) is 4.76. The van der Waals surface area contributed by atoms with E-state index in [4.69, 9.17) is 0 Å². The van der Waals surface area contributed by atoms with E-state index in [1.807, 2.05) is 12.1 Å². The second-order valence-corrected chi connectivity index (χ2v) is 7.22. The monoisotopic (exact) mass is 381 g/mol. The molecule has 0 spiro atoms. The molecule has 1 aromatic heterocycles. The van der Waals surface area contributed by atoms with Gasteiger partial charge in [0.2, 0.25) is 0 Å². The molecule has 0 atom stereocenters. The van der Waals surface area contributed by atoms with Crippen molar-refractivity contribution >= 4 is 11.7 Å². The van der Waals surface area contributed by atoms with Gasteiger partial charge in [-0.1, -0.05) is 63.3 Å². The van der Waals surface area contributed by atoms with Gasteiger partial charge in [-0.3, -0.25) is 9.59 Å². The summed E-state index contributed by atoms with van der Waals surface area (Å²) in [5, 5.41) is 2.69. The summed E-state index contributed by atoms with van der Waals surface area (Å²) in [4.78, 5) is 31.5. The first-order chi connectivity index (χ1) is 13.6. The molecule has 1 N–H and O–H groups in total. The SMILES string of the molecule is CCCCCCCCc1ccc(-c2ncc(C(=O)NCCC(C)=O)cn2)cc1. The van der Waals surface area contributed by atoms with E-state index >= 15 is 0 Å². The number of amides is 1. The first-order valence-electron chi connectivity index (χ1n) is 10.3. The lowest BCUT2D eigenvalue weighted by Gasteiger charge is -2.06. The lowest BCUT2D eigenvalue weighted by atomic mass is 10.0. The third kappa shape index (κ3) is 7.59. The zero-order valence-corrected chi connectivity index (χ0v) is 17.0. The summed E-state index contributed by atoms with van der Waals surface area (Å²) in [7, 11) is 0. The van der Waals surface area contributed by atoms with Crippen LogP contribution in [-0.2, 0) is 11.2 Å². The summed E-state index contributed by atoms with van der Waals surface area (Å²) in [6.45, 7) is 4.07. The van der Waals surface area contributed by atoms with E-state index in [9.17, 15) is 9.59 Å². The Bertz CT molecular complexity index is 739. The molecule has 0 saturated heterocycles. The summed E-state index contributed by atoms with van der Waals surface area (Å²) in [5.74, 6) is 0.389. The van der Waals surface area contributed by atoms with Crippen LogP contribution in [0.3, 0.4) is 0 Å². The highest BCUT2D eigenvalue weighted by Gasteiger charge is 2.08. The molecule has 1 aromatic carbocycles. The number of hydrogen-bond acceptors (Lipinski definition) is 4. The highest BCUT2D eigenvalue weighted by atomic mass is 16.1. The topological polar surface area (TPSA) is 72.0 Å². The first-order valence-corrected chi connectivity index (χ1v) is 10.3. The highest BCUT2D eigenvalue weighted by molar-refractivity contribution is 5.93. The molecule has 2 rings (SSSR count). The molecular weight excluding hydrogens is 350 g/mol. The molecular formula is C23H31N3O2. The molecule has 0 aliphatic heterocycles. The van der Waals surface area contributed by atoms with Gasteiger partial charge in [0.15, 0.2) is 5.82 Å². The number of unbranched alkanes of at least 4 members (excludes halogenated alkanes) is 5. The van der Waals surface area contributed by atoms with Gasteiger partial charge in [0.05, 0.1) is 5.56 Å². The minimum atomic E-state index is -0.262. The summed E-state index contributed by atoms with van der Waals surface area (Å²) in [6, 6.07) is 8.34. The maximum absolute atomic E-state index is 12.0. The fourth-order valence-corrected chi connectivity index (χ4v) is 2.98. The van der Waals surface area contributed by atoms with Gasteiger partial charge in [0, 0.05) is 30.9 Å². The third-order valence-electron chi connectivity index (χ3n) is 4.71. The van der Waals surface area contributed by atoms with Crippen LogP contribution in [0.5, 0.6) is 0 Å². The zero-order valence-electron chi connectivity index (χ0n) is 17.0. The molecule has 28 heavy (non-hydrogen) atoms. The van der Waals surface area contributed by atoms with Gasteiger partial charge < -0.3 is 5.32 Å². The Kier molecular flexibility index (Phi) is 9.32. The van der Waals surface area contributed by atoms with Crippen molar-refractivity contribution in [3.05, 3.63) is 47.8 Å². The van der Waals surface area contributed by atoms with Crippen LogP contribution in [0.4, 0.5) is 0 Å². The lowest BCUT2D eigenvalue weighted by Crippen LogP contribution is -2.25. The summed E-state index contributed by atoms with van der Waals surface area (Å²) >= 11 is 0. The predicted molar refractivity (Wildman–Crippen MR) is 112 cm³/mol. The van der Waals surface area contributed by atoms with Crippen LogP contribution in [0.1, 0.15) is 74.7 Å². The van der Waals surface area contributed by atoms with Crippen molar-refractivity contribution in [2.45, 2.75) is 65.2 Å². The number of rotatable bonds is 12. The molecule has 5 heteroatoms. The summed E-state index contributed by atoms with van der Waals surface area (Å²) in [6.07, 6.45) is 12.3. The Hall–Kier alpha value is -2.56. The van der Waals surface area contributed by atoms with Gasteiger partial charge in [-0.05, 0) is 25.3 Å². The van der Waals surface area contributed by atoms with Crippen molar-refractivity contribution in [1.29, 1.82) is 0 Å². The number of carbonyl (C=O) groups is 2. The Morgan fingerprint density at radius 1 is 0.929 bits per heavy atom. The highest BCUT2D eigenvalue weighted by Crippen LogP contribution is 2.17. The molecule has 1 heterocycles. The molecule has 1 amide bonds. The molecule has 0 saturated carbocycles. The van der Waals surface area contributed by atoms with E-state index in [1.54, 1.807) is 0 Å². The number of nitrogens with one attached hydrogen (secondary N) is 1. The quantitative estimate of drug-likeness (QED) is 0.538. The Balaban J connectivity index is 1.83. The Labute approximate surface area is 168 Å². The van der Waals surface area contributed by atoms with Crippen LogP contribution >= 0.6 is 0 Å². The molecule has 2 aromatic rings. The largest absolute Gasteiger partial charge is 0.351 e. The normalized spacial score (nSPS) is 10.6. The third-order valence-corrected chi connectivity index (χ3v) is 4.71. The van der Waals surface area contributed by atoms with Gasteiger partial charge in [-0.2, -0.15) is 0 Å². The number of nitrogens with zero attached hydrogens (tertiary/aromatic N) is 2. The second kappa shape index (κ2) is 12.0. The Morgan fingerprint density at radius 2 is 1.57 bits per heavy atom.